The van der Waals surface area contributed by atoms with Gasteiger partial charge in [0.25, 0.3) is 15.9 Å². The largest absolute Gasteiger partial charge is 0.384 e. The lowest BCUT2D eigenvalue weighted by Gasteiger charge is -2.24. The number of rotatable bonds is 19. The topological polar surface area (TPSA) is 137 Å². The minimum absolute atomic E-state index is 0.0876. The normalized spacial score (nSPS) is 13.9. The number of nitrogens with zero attached hydrogens (tertiary/aromatic N) is 1. The Morgan fingerprint density at radius 2 is 1.53 bits per heavy atom. The minimum Gasteiger partial charge on any atom is -0.384 e. The van der Waals surface area contributed by atoms with E-state index in [1.807, 2.05) is 66.7 Å². The second-order valence-corrected chi connectivity index (χ2v) is 19.2. The SMILES string of the molecule is CS(=O)(=O)c1cc(S(=O)(=O)NC(=O)c2ccc(NCCNCc3ccccc3-c3ccc(Cl)cc3)cc2)ccc1N[C@H](CCN1CCCC1)CSc1ccccc1. The second kappa shape index (κ2) is 19.9. The predicted molar refractivity (Wildman–Crippen MR) is 233 cm³/mol. The molecule has 1 amide bonds. The average Bonchev–Trinajstić information content (AvgIpc) is 3.73. The molecule has 14 heteroatoms. The predicted octanol–water partition coefficient (Wildman–Crippen LogP) is 7.79. The van der Waals surface area contributed by atoms with E-state index >= 15 is 0 Å². The molecule has 0 aromatic heterocycles. The molecule has 0 spiro atoms. The van der Waals surface area contributed by atoms with Crippen molar-refractivity contribution in [1.29, 1.82) is 0 Å². The van der Waals surface area contributed by atoms with Gasteiger partial charge in [-0.1, -0.05) is 66.2 Å². The second-order valence-electron chi connectivity index (χ2n) is 14.0. The molecule has 1 heterocycles. The standard InChI is InChI=1S/C43H48ClN5O5S3/c1-56(51,52)42-29-39(21-22-41(42)47-37(23-28-49-26-7-8-27-49)31-55-38-10-3-2-4-11-38)57(53,54)48-43(50)33-15-19-36(20-16-33)46-25-24-45-30-34-9-5-6-12-40(34)32-13-17-35(44)18-14-32/h2-6,9-22,29,37,45-47H,7-8,23-28,30-31H2,1H3,(H,48,50)/t37-/m1/s1. The van der Waals surface area contributed by atoms with Gasteiger partial charge in [0.2, 0.25) is 0 Å². The van der Waals surface area contributed by atoms with E-state index in [2.05, 4.69) is 37.7 Å². The van der Waals surface area contributed by atoms with Crippen LogP contribution in [0.25, 0.3) is 11.1 Å². The van der Waals surface area contributed by atoms with Crippen LogP contribution in [0.3, 0.4) is 0 Å². The highest BCUT2D eigenvalue weighted by Crippen LogP contribution is 2.29. The average molecular weight is 847 g/mol. The monoisotopic (exact) mass is 845 g/mol. The maximum absolute atomic E-state index is 13.4. The first-order valence-electron chi connectivity index (χ1n) is 18.9. The number of carbonyl (C=O) groups excluding carboxylic acids is 1. The zero-order chi connectivity index (χ0) is 40.3. The number of benzene rings is 5. The van der Waals surface area contributed by atoms with Crippen molar-refractivity contribution in [3.05, 3.63) is 137 Å². The number of halogens is 1. The summed E-state index contributed by atoms with van der Waals surface area (Å²) in [6.07, 6.45) is 4.18. The van der Waals surface area contributed by atoms with Gasteiger partial charge < -0.3 is 20.9 Å². The Morgan fingerprint density at radius 3 is 2.25 bits per heavy atom. The third-order valence-electron chi connectivity index (χ3n) is 9.70. The molecule has 0 aliphatic carbocycles. The van der Waals surface area contributed by atoms with Crippen molar-refractivity contribution in [3.63, 3.8) is 0 Å². The molecule has 1 saturated heterocycles. The van der Waals surface area contributed by atoms with E-state index in [0.29, 0.717) is 36.1 Å². The molecule has 10 nitrogen and oxygen atoms in total. The molecule has 5 aromatic rings. The number of hydrogen-bond acceptors (Lipinski definition) is 10. The molecule has 5 aromatic carbocycles. The van der Waals surface area contributed by atoms with Crippen LogP contribution in [-0.2, 0) is 26.4 Å². The van der Waals surface area contributed by atoms with E-state index < -0.39 is 25.8 Å². The Bertz CT molecular complexity index is 2320. The van der Waals surface area contributed by atoms with Gasteiger partial charge >= 0.3 is 0 Å². The Morgan fingerprint density at radius 1 is 0.825 bits per heavy atom. The third kappa shape index (κ3) is 12.3. The highest BCUT2D eigenvalue weighted by molar-refractivity contribution is 7.99. The van der Waals surface area contributed by atoms with Crippen LogP contribution >= 0.6 is 23.4 Å². The Balaban J connectivity index is 1.04. The van der Waals surface area contributed by atoms with Gasteiger partial charge in [-0.2, -0.15) is 0 Å². The van der Waals surface area contributed by atoms with Crippen molar-refractivity contribution in [2.45, 2.75) is 46.5 Å². The van der Waals surface area contributed by atoms with Crippen LogP contribution in [0, 0.1) is 0 Å². The number of amides is 1. The van der Waals surface area contributed by atoms with Gasteiger partial charge in [-0.15, -0.1) is 11.8 Å². The molecule has 57 heavy (non-hydrogen) atoms. The number of sulfone groups is 1. The van der Waals surface area contributed by atoms with Gasteiger partial charge in [0.1, 0.15) is 0 Å². The summed E-state index contributed by atoms with van der Waals surface area (Å²) in [5.41, 5.74) is 4.62. The number of sulfonamides is 1. The lowest BCUT2D eigenvalue weighted by molar-refractivity contribution is 0.0981. The molecule has 1 atom stereocenters. The first-order valence-corrected chi connectivity index (χ1v) is 23.6. The molecule has 0 radical (unpaired) electrons. The van der Waals surface area contributed by atoms with Crippen LogP contribution in [0.4, 0.5) is 11.4 Å². The summed E-state index contributed by atoms with van der Waals surface area (Å²) in [7, 11) is -8.27. The molecule has 300 valence electrons. The van der Waals surface area contributed by atoms with Crippen molar-refractivity contribution >= 4 is 60.5 Å². The quantitative estimate of drug-likeness (QED) is 0.0482. The first-order chi connectivity index (χ1) is 27.4. The molecule has 0 bridgehead atoms. The van der Waals surface area contributed by atoms with Crippen molar-refractivity contribution < 1.29 is 21.6 Å². The number of nitrogens with one attached hydrogen (secondary N) is 4. The summed E-state index contributed by atoms with van der Waals surface area (Å²) < 4.78 is 55.1. The lowest BCUT2D eigenvalue weighted by Crippen LogP contribution is -2.31. The summed E-state index contributed by atoms with van der Waals surface area (Å²) in [5, 5.41) is 10.9. The molecule has 0 saturated carbocycles. The fourth-order valence-electron chi connectivity index (χ4n) is 6.65. The zero-order valence-corrected chi connectivity index (χ0v) is 35.0. The molecule has 1 fully saturated rings. The summed E-state index contributed by atoms with van der Waals surface area (Å²) in [4.78, 5) is 16.2. The molecule has 0 unspecified atom stereocenters. The summed E-state index contributed by atoms with van der Waals surface area (Å²) in [6, 6.07) is 36.3. The smallest absolute Gasteiger partial charge is 0.264 e. The van der Waals surface area contributed by atoms with E-state index in [1.165, 1.54) is 37.1 Å². The van der Waals surface area contributed by atoms with E-state index in [1.54, 1.807) is 23.9 Å². The molecular weight excluding hydrogens is 798 g/mol. The fraction of sp³-hybridized carbons (Fsp3) is 0.279. The van der Waals surface area contributed by atoms with E-state index in [9.17, 15) is 21.6 Å². The van der Waals surface area contributed by atoms with Crippen LogP contribution in [0.2, 0.25) is 5.02 Å². The van der Waals surface area contributed by atoms with Crippen LogP contribution in [0.5, 0.6) is 0 Å². The minimum atomic E-state index is -4.41. The highest BCUT2D eigenvalue weighted by Gasteiger charge is 2.25. The van der Waals surface area contributed by atoms with E-state index in [-0.39, 0.29) is 21.4 Å². The third-order valence-corrected chi connectivity index (χ3v) is 13.6. The number of carbonyl (C=O) groups is 1. The summed E-state index contributed by atoms with van der Waals surface area (Å²) in [6.45, 7) is 4.93. The molecule has 1 aliphatic heterocycles. The fourth-order valence-corrected chi connectivity index (χ4v) is 9.72. The first kappa shape index (κ1) is 42.2. The van der Waals surface area contributed by atoms with Crippen molar-refractivity contribution in [2.24, 2.45) is 0 Å². The van der Waals surface area contributed by atoms with Gasteiger partial charge in [0.15, 0.2) is 9.84 Å². The Labute approximate surface area is 345 Å². The van der Waals surface area contributed by atoms with Crippen molar-refractivity contribution in [2.75, 3.05) is 55.4 Å². The zero-order valence-electron chi connectivity index (χ0n) is 31.8. The van der Waals surface area contributed by atoms with Gasteiger partial charge in [0, 0.05) is 65.4 Å². The van der Waals surface area contributed by atoms with Gasteiger partial charge in [-0.25, -0.2) is 21.6 Å². The van der Waals surface area contributed by atoms with Crippen LogP contribution < -0.4 is 20.7 Å². The maximum Gasteiger partial charge on any atom is 0.264 e. The van der Waals surface area contributed by atoms with Crippen molar-refractivity contribution in [1.82, 2.24) is 14.9 Å². The number of thioether (sulfide) groups is 1. The number of likely N-dealkylation sites (tertiary alicyclic amines) is 1. The lowest BCUT2D eigenvalue weighted by atomic mass is 10.00. The van der Waals surface area contributed by atoms with Crippen LogP contribution in [0.1, 0.15) is 35.2 Å². The van der Waals surface area contributed by atoms with Crippen LogP contribution in [-0.4, -0.2) is 78.4 Å². The van der Waals surface area contributed by atoms with Gasteiger partial charge in [0.05, 0.1) is 15.5 Å². The van der Waals surface area contributed by atoms with Crippen molar-refractivity contribution in [3.8, 4) is 11.1 Å². The van der Waals surface area contributed by atoms with E-state index in [4.69, 9.17) is 11.6 Å². The van der Waals surface area contributed by atoms with Crippen LogP contribution in [0.15, 0.2) is 136 Å². The highest BCUT2D eigenvalue weighted by atomic mass is 35.5. The summed E-state index contributed by atoms with van der Waals surface area (Å²) in [5.74, 6) is -0.144. The number of anilines is 2. The Kier molecular flexibility index (Phi) is 14.7. The Hall–Kier alpha value is -4.37. The van der Waals surface area contributed by atoms with E-state index in [0.717, 1.165) is 65.7 Å². The molecule has 4 N–H and O–H groups in total. The molecule has 6 rings (SSSR count). The van der Waals surface area contributed by atoms with Gasteiger partial charge in [-0.3, -0.25) is 4.79 Å². The van der Waals surface area contributed by atoms with Gasteiger partial charge in [-0.05, 0) is 116 Å². The molecular formula is C43H48ClN5O5S3. The maximum atomic E-state index is 13.4. The summed E-state index contributed by atoms with van der Waals surface area (Å²) >= 11 is 7.75. The number of hydrogen-bond donors (Lipinski definition) is 4. The molecule has 1 aliphatic rings.